The molecule has 188 valence electrons. The Labute approximate surface area is 208 Å². The van der Waals surface area contributed by atoms with Crippen LogP contribution in [0.4, 0.5) is 0 Å². The molecule has 4 N–H and O–H groups in total. The predicted molar refractivity (Wildman–Crippen MR) is 137 cm³/mol. The molecule has 0 spiro atoms. The van der Waals surface area contributed by atoms with Crippen LogP contribution in [0.3, 0.4) is 0 Å². The number of carbonyl (C=O) groups excluding carboxylic acids is 2. The molecule has 0 bridgehead atoms. The van der Waals surface area contributed by atoms with E-state index in [1.54, 1.807) is 7.11 Å². The maximum atomic E-state index is 13.3. The van der Waals surface area contributed by atoms with E-state index in [0.29, 0.717) is 18.1 Å². The first-order chi connectivity index (χ1) is 16.9. The minimum atomic E-state index is -1.74. The fourth-order valence-corrected chi connectivity index (χ4v) is 4.68. The normalized spacial score (nSPS) is 15.7. The second-order valence-electron chi connectivity index (χ2n) is 9.58. The Balaban J connectivity index is 1.69. The van der Waals surface area contributed by atoms with E-state index in [1.165, 1.54) is 6.42 Å². The van der Waals surface area contributed by atoms with Gasteiger partial charge in [0.1, 0.15) is 11.7 Å². The zero-order valence-electron chi connectivity index (χ0n) is 20.7. The van der Waals surface area contributed by atoms with Gasteiger partial charge in [-0.3, -0.25) is 9.59 Å². The van der Waals surface area contributed by atoms with Crippen LogP contribution in [0.5, 0.6) is 5.75 Å². The van der Waals surface area contributed by atoms with E-state index in [-0.39, 0.29) is 18.9 Å². The molecular weight excluding hydrogens is 443 g/mol. The van der Waals surface area contributed by atoms with Gasteiger partial charge in [-0.15, -0.1) is 0 Å². The van der Waals surface area contributed by atoms with E-state index in [0.717, 1.165) is 42.4 Å². The first-order valence-corrected chi connectivity index (χ1v) is 12.5. The van der Waals surface area contributed by atoms with Gasteiger partial charge in [-0.05, 0) is 48.9 Å². The van der Waals surface area contributed by atoms with Crippen molar-refractivity contribution >= 4 is 18.9 Å². The molecule has 1 aliphatic carbocycles. The molecule has 1 fully saturated rings. The Hall–Kier alpha value is -2.84. The van der Waals surface area contributed by atoms with Crippen LogP contribution in [0.1, 0.15) is 55.2 Å². The number of amides is 2. The van der Waals surface area contributed by atoms with Crippen LogP contribution in [-0.4, -0.2) is 42.0 Å². The number of rotatable bonds is 11. The summed E-state index contributed by atoms with van der Waals surface area (Å²) >= 11 is 0. The Morgan fingerprint density at radius 1 is 1.03 bits per heavy atom. The molecular formula is C27H37BN2O5. The van der Waals surface area contributed by atoms with Gasteiger partial charge in [-0.25, -0.2) is 0 Å². The SMILES string of the molecule is COc1cccc(CNC(=O)C(CC2CCCCC2)C(=O)N[C@@H](Cc2ccc(C)cc2)B(O)O)c1. The highest BCUT2D eigenvalue weighted by Crippen LogP contribution is 2.29. The molecule has 1 aliphatic rings. The maximum Gasteiger partial charge on any atom is 0.475 e. The number of ether oxygens (including phenoxy) is 1. The topological polar surface area (TPSA) is 108 Å². The van der Waals surface area contributed by atoms with E-state index in [1.807, 2.05) is 55.5 Å². The molecule has 0 aromatic heterocycles. The van der Waals surface area contributed by atoms with Gasteiger partial charge in [0, 0.05) is 6.54 Å². The highest BCUT2D eigenvalue weighted by molar-refractivity contribution is 6.43. The minimum Gasteiger partial charge on any atom is -0.497 e. The zero-order valence-corrected chi connectivity index (χ0v) is 20.7. The number of methoxy groups -OCH3 is 1. The fraction of sp³-hybridized carbons (Fsp3) is 0.481. The summed E-state index contributed by atoms with van der Waals surface area (Å²) in [7, 11) is -0.152. The Morgan fingerprint density at radius 3 is 2.40 bits per heavy atom. The molecule has 1 unspecified atom stereocenters. The summed E-state index contributed by atoms with van der Waals surface area (Å²) in [6.07, 6.45) is 6.11. The Kier molecular flexibility index (Phi) is 10.2. The van der Waals surface area contributed by atoms with Crippen LogP contribution >= 0.6 is 0 Å². The quantitative estimate of drug-likeness (QED) is 0.292. The van der Waals surface area contributed by atoms with Gasteiger partial charge in [0.2, 0.25) is 11.8 Å². The van der Waals surface area contributed by atoms with Crippen LogP contribution in [0.25, 0.3) is 0 Å². The van der Waals surface area contributed by atoms with Crippen molar-refractivity contribution in [2.45, 2.75) is 64.4 Å². The maximum absolute atomic E-state index is 13.3. The van der Waals surface area contributed by atoms with Gasteiger partial charge in [-0.2, -0.15) is 0 Å². The van der Waals surface area contributed by atoms with Crippen LogP contribution in [-0.2, 0) is 22.6 Å². The summed E-state index contributed by atoms with van der Waals surface area (Å²) < 4.78 is 5.25. The monoisotopic (exact) mass is 480 g/mol. The van der Waals surface area contributed by atoms with Gasteiger partial charge in [0.25, 0.3) is 0 Å². The van der Waals surface area contributed by atoms with Crippen LogP contribution in [0, 0.1) is 18.8 Å². The molecule has 2 aromatic rings. The number of hydrogen-bond donors (Lipinski definition) is 4. The van der Waals surface area contributed by atoms with Crippen LogP contribution in [0.15, 0.2) is 48.5 Å². The molecule has 3 rings (SSSR count). The summed E-state index contributed by atoms with van der Waals surface area (Å²) in [5, 5.41) is 25.5. The smallest absolute Gasteiger partial charge is 0.475 e. The summed E-state index contributed by atoms with van der Waals surface area (Å²) in [5.74, 6) is -1.63. The standard InChI is InChI=1S/C27H37BN2O5/c1-19-11-13-21(14-12-19)17-25(28(33)34)30-27(32)24(16-20-7-4-3-5-8-20)26(31)29-18-22-9-6-10-23(15-22)35-2/h6,9-15,20,24-25,33-34H,3-5,7-8,16-18H2,1-2H3,(H,29,31)(H,30,32)/t24?,25-/m0/s1. The van der Waals surface area contributed by atoms with Crippen molar-refractivity contribution in [2.24, 2.45) is 11.8 Å². The molecule has 7 nitrogen and oxygen atoms in total. The lowest BCUT2D eigenvalue weighted by Crippen LogP contribution is -2.52. The van der Waals surface area contributed by atoms with E-state index in [9.17, 15) is 19.6 Å². The molecule has 0 heterocycles. The van der Waals surface area contributed by atoms with Gasteiger partial charge in [-0.1, -0.05) is 74.1 Å². The fourth-order valence-electron chi connectivity index (χ4n) is 4.68. The van der Waals surface area contributed by atoms with E-state index in [4.69, 9.17) is 4.74 Å². The highest BCUT2D eigenvalue weighted by atomic mass is 16.5. The number of aryl methyl sites for hydroxylation is 1. The second kappa shape index (κ2) is 13.3. The molecule has 2 amide bonds. The number of hydrogen-bond acceptors (Lipinski definition) is 5. The minimum absolute atomic E-state index is 0.255. The molecule has 8 heteroatoms. The lowest BCUT2D eigenvalue weighted by molar-refractivity contribution is -0.136. The van der Waals surface area contributed by atoms with Crippen molar-refractivity contribution in [1.82, 2.24) is 10.6 Å². The van der Waals surface area contributed by atoms with Crippen LogP contribution < -0.4 is 15.4 Å². The lowest BCUT2D eigenvalue weighted by atomic mass is 9.75. The molecule has 0 radical (unpaired) electrons. The largest absolute Gasteiger partial charge is 0.497 e. The molecule has 2 atom stereocenters. The zero-order chi connectivity index (χ0) is 25.2. The first-order valence-electron chi connectivity index (χ1n) is 12.5. The summed E-state index contributed by atoms with van der Waals surface area (Å²) in [6.45, 7) is 2.25. The predicted octanol–water partition coefficient (Wildman–Crippen LogP) is 2.95. The third-order valence-electron chi connectivity index (χ3n) is 6.79. The average molecular weight is 480 g/mol. The molecule has 35 heavy (non-hydrogen) atoms. The van der Waals surface area contributed by atoms with Crippen molar-refractivity contribution in [2.75, 3.05) is 7.11 Å². The van der Waals surface area contributed by atoms with Crippen molar-refractivity contribution in [3.05, 3.63) is 65.2 Å². The van der Waals surface area contributed by atoms with Gasteiger partial charge in [0.05, 0.1) is 13.1 Å². The van der Waals surface area contributed by atoms with Crippen molar-refractivity contribution < 1.29 is 24.4 Å². The van der Waals surface area contributed by atoms with E-state index in [2.05, 4.69) is 10.6 Å². The van der Waals surface area contributed by atoms with Crippen molar-refractivity contribution in [3.63, 3.8) is 0 Å². The average Bonchev–Trinajstić information content (AvgIpc) is 2.87. The van der Waals surface area contributed by atoms with E-state index >= 15 is 0 Å². The van der Waals surface area contributed by atoms with Crippen molar-refractivity contribution in [3.8, 4) is 5.75 Å². The molecule has 0 aliphatic heterocycles. The number of benzene rings is 2. The third-order valence-corrected chi connectivity index (χ3v) is 6.79. The second-order valence-corrected chi connectivity index (χ2v) is 9.58. The molecule has 1 saturated carbocycles. The summed E-state index contributed by atoms with van der Waals surface area (Å²) in [4.78, 5) is 26.5. The van der Waals surface area contributed by atoms with Crippen LogP contribution in [0.2, 0.25) is 0 Å². The molecule has 2 aromatic carbocycles. The van der Waals surface area contributed by atoms with E-state index < -0.39 is 24.9 Å². The summed E-state index contributed by atoms with van der Waals surface area (Å²) in [6, 6.07) is 15.1. The van der Waals surface area contributed by atoms with Crippen molar-refractivity contribution in [1.29, 1.82) is 0 Å². The third kappa shape index (κ3) is 8.40. The van der Waals surface area contributed by atoms with Gasteiger partial charge in [0.15, 0.2) is 0 Å². The van der Waals surface area contributed by atoms with Gasteiger partial charge < -0.3 is 25.4 Å². The number of nitrogens with one attached hydrogen (secondary N) is 2. The number of carbonyl (C=O) groups is 2. The lowest BCUT2D eigenvalue weighted by Gasteiger charge is -2.27. The Morgan fingerprint density at radius 2 is 1.74 bits per heavy atom. The Bertz CT molecular complexity index is 960. The summed E-state index contributed by atoms with van der Waals surface area (Å²) in [5.41, 5.74) is 2.84. The first kappa shape index (κ1) is 26.8. The molecule has 0 saturated heterocycles. The highest BCUT2D eigenvalue weighted by Gasteiger charge is 2.34. The van der Waals surface area contributed by atoms with Gasteiger partial charge >= 0.3 is 7.12 Å².